The van der Waals surface area contributed by atoms with Gasteiger partial charge in [0.05, 0.1) is 11.1 Å². The third kappa shape index (κ3) is 4.47. The number of carboxylic acid groups (broad SMARTS) is 1. The molecule has 5 N–H and O–H groups in total. The molecule has 0 atom stereocenters. The Balaban J connectivity index is 2.28. The molecule has 0 fully saturated rings. The average Bonchev–Trinajstić information content (AvgIpc) is 2.67. The normalized spacial score (nSPS) is 11.3. The van der Waals surface area contributed by atoms with Crippen molar-refractivity contribution in [3.05, 3.63) is 53.9 Å². The summed E-state index contributed by atoms with van der Waals surface area (Å²) in [6.07, 6.45) is 0. The molecule has 1 aromatic heterocycles. The van der Waals surface area contributed by atoms with Crippen molar-refractivity contribution in [2.45, 2.75) is 6.92 Å². The molecule has 0 aliphatic heterocycles. The Kier molecular flexibility index (Phi) is 5.58. The number of carbonyl (C=O) groups excluding carboxylic acids is 1. The fraction of sp³-hybridized carbons (Fsp3) is 0.105. The Morgan fingerprint density at radius 1 is 1.10 bits per heavy atom. The van der Waals surface area contributed by atoms with Crippen LogP contribution in [-0.2, 0) is 15.1 Å². The van der Waals surface area contributed by atoms with Gasteiger partial charge in [0, 0.05) is 11.1 Å². The third-order valence-electron chi connectivity index (χ3n) is 4.23. The highest BCUT2D eigenvalue weighted by atomic mass is 32.2. The van der Waals surface area contributed by atoms with Crippen molar-refractivity contribution in [3.8, 4) is 16.9 Å². The van der Waals surface area contributed by atoms with Crippen molar-refractivity contribution >= 4 is 38.6 Å². The highest BCUT2D eigenvalue weighted by Gasteiger charge is 2.22. The Labute approximate surface area is 171 Å². The van der Waals surface area contributed by atoms with Gasteiger partial charge in [0.25, 0.3) is 5.91 Å². The van der Waals surface area contributed by atoms with Gasteiger partial charge in [-0.25, -0.2) is 4.98 Å². The summed E-state index contributed by atoms with van der Waals surface area (Å²) in [5, 5.41) is 21.7. The Morgan fingerprint density at radius 2 is 1.77 bits per heavy atom. The summed E-state index contributed by atoms with van der Waals surface area (Å²) >= 11 is 0. The van der Waals surface area contributed by atoms with E-state index >= 15 is 0 Å². The summed E-state index contributed by atoms with van der Waals surface area (Å²) in [5.74, 6) is -2.91. The number of nitrogens with one attached hydrogen (secondary N) is 2. The molecule has 0 bridgehead atoms. The van der Waals surface area contributed by atoms with Crippen molar-refractivity contribution in [1.29, 1.82) is 0 Å². The van der Waals surface area contributed by atoms with Crippen molar-refractivity contribution in [1.82, 2.24) is 10.3 Å². The van der Waals surface area contributed by atoms with Crippen LogP contribution in [0.15, 0.2) is 42.5 Å². The van der Waals surface area contributed by atoms with E-state index < -0.39 is 40.2 Å². The van der Waals surface area contributed by atoms with Gasteiger partial charge in [0.1, 0.15) is 6.54 Å². The van der Waals surface area contributed by atoms with E-state index in [0.29, 0.717) is 10.9 Å². The molecule has 1 heterocycles. The number of carbonyl (C=O) groups is 2. The van der Waals surface area contributed by atoms with Crippen LogP contribution in [0.3, 0.4) is 0 Å². The molecule has 0 unspecified atom stereocenters. The van der Waals surface area contributed by atoms with Gasteiger partial charge in [-0.2, -0.15) is 8.42 Å². The van der Waals surface area contributed by atoms with Crippen LogP contribution in [0.5, 0.6) is 5.75 Å². The number of nitrogens with zero attached hydrogens (tertiary/aromatic N) is 1. The first kappa shape index (κ1) is 21.0. The molecule has 0 saturated heterocycles. The second-order valence-corrected chi connectivity index (χ2v) is 7.51. The fourth-order valence-corrected chi connectivity index (χ4v) is 3.44. The zero-order valence-electron chi connectivity index (χ0n) is 15.6. The standard InChI is InChI=1S/C19H17N3O7S/c1-10-13-7-12(11-5-3-2-4-6-11)8-14(22-30(27,28)29)16(13)18(25)17(21-10)19(26)20-9-15(23)24/h2-8,22,25H,9H2,1H3,(H,20,26)(H,23,24)(H,27,28,29). The first-order valence-corrected chi connectivity index (χ1v) is 9.99. The first-order chi connectivity index (χ1) is 14.1. The van der Waals surface area contributed by atoms with E-state index in [1.165, 1.54) is 6.07 Å². The van der Waals surface area contributed by atoms with Gasteiger partial charge in [-0.3, -0.25) is 18.9 Å². The lowest BCUT2D eigenvalue weighted by molar-refractivity contribution is -0.135. The largest absolute Gasteiger partial charge is 0.505 e. The maximum absolute atomic E-state index is 12.3. The molecule has 0 spiro atoms. The lowest BCUT2D eigenvalue weighted by Crippen LogP contribution is -2.30. The van der Waals surface area contributed by atoms with Gasteiger partial charge in [-0.15, -0.1) is 0 Å². The topological polar surface area (TPSA) is 166 Å². The highest BCUT2D eigenvalue weighted by molar-refractivity contribution is 7.87. The van der Waals surface area contributed by atoms with Gasteiger partial charge in [0.15, 0.2) is 11.4 Å². The molecule has 30 heavy (non-hydrogen) atoms. The molecular weight excluding hydrogens is 414 g/mol. The van der Waals surface area contributed by atoms with E-state index in [0.717, 1.165) is 5.56 Å². The number of fused-ring (bicyclic) bond motifs is 1. The molecule has 156 valence electrons. The van der Waals surface area contributed by atoms with Gasteiger partial charge < -0.3 is 15.5 Å². The molecule has 0 aliphatic rings. The van der Waals surface area contributed by atoms with Crippen LogP contribution in [-0.4, -0.2) is 46.6 Å². The van der Waals surface area contributed by atoms with Gasteiger partial charge in [-0.1, -0.05) is 30.3 Å². The summed E-state index contributed by atoms with van der Waals surface area (Å²) in [6, 6.07) is 12.0. The van der Waals surface area contributed by atoms with Crippen molar-refractivity contribution < 1.29 is 32.8 Å². The highest BCUT2D eigenvalue weighted by Crippen LogP contribution is 2.39. The van der Waals surface area contributed by atoms with E-state index in [4.69, 9.17) is 5.11 Å². The van der Waals surface area contributed by atoms with Crippen LogP contribution in [0, 0.1) is 6.92 Å². The van der Waals surface area contributed by atoms with E-state index in [-0.39, 0.29) is 16.8 Å². The zero-order valence-corrected chi connectivity index (χ0v) is 16.4. The minimum absolute atomic E-state index is 0.0692. The number of benzene rings is 2. The Bertz CT molecular complexity index is 1260. The summed E-state index contributed by atoms with van der Waals surface area (Å²) < 4.78 is 34.2. The first-order valence-electron chi connectivity index (χ1n) is 8.55. The smallest absolute Gasteiger partial charge is 0.357 e. The number of aliphatic carboxylic acids is 1. The molecule has 0 aliphatic carbocycles. The molecule has 3 aromatic rings. The number of carboxylic acids is 1. The molecule has 0 saturated carbocycles. The second-order valence-electron chi connectivity index (χ2n) is 6.36. The molecule has 3 rings (SSSR count). The summed E-state index contributed by atoms with van der Waals surface area (Å²) in [7, 11) is -4.71. The summed E-state index contributed by atoms with van der Waals surface area (Å²) in [6.45, 7) is 0.849. The lowest BCUT2D eigenvalue weighted by atomic mass is 9.98. The van der Waals surface area contributed by atoms with E-state index in [2.05, 4.69) is 10.3 Å². The van der Waals surface area contributed by atoms with Crippen LogP contribution in [0.4, 0.5) is 5.69 Å². The maximum Gasteiger partial charge on any atom is 0.357 e. The summed E-state index contributed by atoms with van der Waals surface area (Å²) in [5.41, 5.74) is 0.928. The molecule has 1 amide bonds. The number of hydrogen-bond acceptors (Lipinski definition) is 6. The quantitative estimate of drug-likeness (QED) is 0.369. The van der Waals surface area contributed by atoms with E-state index in [9.17, 15) is 27.7 Å². The monoisotopic (exact) mass is 431 g/mol. The number of anilines is 1. The predicted molar refractivity (Wildman–Crippen MR) is 109 cm³/mol. The van der Waals surface area contributed by atoms with Gasteiger partial charge in [-0.05, 0) is 30.2 Å². The van der Waals surface area contributed by atoms with Crippen molar-refractivity contribution in [2.75, 3.05) is 11.3 Å². The average molecular weight is 431 g/mol. The number of aromatic nitrogens is 1. The van der Waals surface area contributed by atoms with Gasteiger partial charge in [0.2, 0.25) is 0 Å². The second kappa shape index (κ2) is 7.97. The minimum Gasteiger partial charge on any atom is -0.505 e. The maximum atomic E-state index is 12.3. The Hall–Kier alpha value is -3.70. The molecule has 0 radical (unpaired) electrons. The van der Waals surface area contributed by atoms with Crippen LogP contribution in [0.25, 0.3) is 21.9 Å². The molecule has 11 heteroatoms. The van der Waals surface area contributed by atoms with Crippen LogP contribution < -0.4 is 10.0 Å². The van der Waals surface area contributed by atoms with Crippen molar-refractivity contribution in [3.63, 3.8) is 0 Å². The van der Waals surface area contributed by atoms with E-state index in [1.807, 2.05) is 10.8 Å². The van der Waals surface area contributed by atoms with Crippen LogP contribution in [0.2, 0.25) is 0 Å². The fourth-order valence-electron chi connectivity index (χ4n) is 3.00. The minimum atomic E-state index is -4.71. The number of hydrogen-bond donors (Lipinski definition) is 5. The molecular formula is C19H17N3O7S. The predicted octanol–water partition coefficient (Wildman–Crippen LogP) is 1.94. The molecule has 10 nitrogen and oxygen atoms in total. The Morgan fingerprint density at radius 3 is 2.37 bits per heavy atom. The number of aromatic hydroxyl groups is 1. The number of rotatable bonds is 6. The summed E-state index contributed by atoms with van der Waals surface area (Å²) in [4.78, 5) is 27.0. The number of amides is 1. The van der Waals surface area contributed by atoms with Crippen LogP contribution in [0.1, 0.15) is 16.2 Å². The van der Waals surface area contributed by atoms with Gasteiger partial charge >= 0.3 is 16.3 Å². The van der Waals surface area contributed by atoms with Crippen molar-refractivity contribution in [2.24, 2.45) is 0 Å². The van der Waals surface area contributed by atoms with Crippen LogP contribution >= 0.6 is 0 Å². The van der Waals surface area contributed by atoms with E-state index in [1.54, 1.807) is 37.3 Å². The number of aryl methyl sites for hydroxylation is 1. The third-order valence-corrected chi connectivity index (χ3v) is 4.71. The SMILES string of the molecule is Cc1nc(C(=O)NCC(=O)O)c(O)c2c(NS(=O)(=O)O)cc(-c3ccccc3)cc12. The number of pyridine rings is 1. The molecule has 2 aromatic carbocycles. The zero-order chi connectivity index (χ0) is 22.1. The lowest BCUT2D eigenvalue weighted by Gasteiger charge is -2.15.